The molecule has 0 aliphatic rings. The molecule has 0 bridgehead atoms. The maximum atomic E-state index is 11.5. The van der Waals surface area contributed by atoms with Crippen molar-refractivity contribution in [1.29, 1.82) is 0 Å². The number of benzene rings is 1. The Morgan fingerprint density at radius 2 is 1.86 bits per heavy atom. The second-order valence-corrected chi connectivity index (χ2v) is 5.11. The average Bonchev–Trinajstić information content (AvgIpc) is 2.44. The van der Waals surface area contributed by atoms with Crippen molar-refractivity contribution in [2.75, 3.05) is 0 Å². The van der Waals surface area contributed by atoms with E-state index in [4.69, 9.17) is 5.73 Å². The molecule has 0 aromatic heterocycles. The number of esters is 2. The van der Waals surface area contributed by atoms with Gasteiger partial charge in [-0.05, 0) is 17.9 Å². The van der Waals surface area contributed by atoms with E-state index in [0.717, 1.165) is 5.56 Å². The van der Waals surface area contributed by atoms with Crippen LogP contribution in [0.3, 0.4) is 0 Å². The van der Waals surface area contributed by atoms with Crippen molar-refractivity contribution in [3.63, 3.8) is 0 Å². The van der Waals surface area contributed by atoms with Gasteiger partial charge in [-0.25, -0.2) is 9.59 Å². The third kappa shape index (κ3) is 7.22. The van der Waals surface area contributed by atoms with Crippen molar-refractivity contribution < 1.29 is 14.3 Å². The van der Waals surface area contributed by atoms with Crippen molar-refractivity contribution in [3.05, 3.63) is 54.1 Å². The Morgan fingerprint density at radius 3 is 2.48 bits per heavy atom. The lowest BCUT2D eigenvalue weighted by atomic mass is 10.1. The van der Waals surface area contributed by atoms with Gasteiger partial charge in [-0.15, -0.1) is 0 Å². The van der Waals surface area contributed by atoms with E-state index in [0.29, 0.717) is 6.42 Å². The first-order chi connectivity index (χ1) is 9.99. The Labute approximate surface area is 125 Å². The topological polar surface area (TPSA) is 69.4 Å². The highest BCUT2D eigenvalue weighted by molar-refractivity contribution is 5.94. The fourth-order valence-corrected chi connectivity index (χ4v) is 1.68. The number of hydrogen-bond donors (Lipinski definition) is 1. The van der Waals surface area contributed by atoms with Crippen LogP contribution < -0.4 is 5.73 Å². The van der Waals surface area contributed by atoms with Gasteiger partial charge in [0.2, 0.25) is 0 Å². The Bertz CT molecular complexity index is 518. The molecule has 0 fully saturated rings. The van der Waals surface area contributed by atoms with Gasteiger partial charge in [0.15, 0.2) is 0 Å². The molecule has 0 spiro atoms. The fraction of sp³-hybridized carbons (Fsp3) is 0.294. The number of carbonyl (C=O) groups is 2. The van der Waals surface area contributed by atoms with Crippen LogP contribution in [0, 0.1) is 5.92 Å². The zero-order valence-corrected chi connectivity index (χ0v) is 12.4. The van der Waals surface area contributed by atoms with Gasteiger partial charge in [-0.1, -0.05) is 62.4 Å². The molecule has 0 saturated carbocycles. The Hall–Kier alpha value is -2.20. The zero-order valence-electron chi connectivity index (χ0n) is 12.4. The molecule has 112 valence electrons. The van der Waals surface area contributed by atoms with E-state index in [2.05, 4.69) is 4.74 Å². The normalized spacial score (nSPS) is 13.0. The summed E-state index contributed by atoms with van der Waals surface area (Å²) in [5, 5.41) is 0. The van der Waals surface area contributed by atoms with Crippen LogP contribution in [-0.4, -0.2) is 18.0 Å². The SMILES string of the molecule is CC(C)C[C@H](N)C(=O)OC(=O)C=CC=Cc1ccccc1. The standard InChI is InChI=1S/C17H21NO3/c1-13(2)12-15(18)17(20)21-16(19)11-7-6-10-14-8-4-3-5-9-14/h3-11,13,15H,12,18H2,1-2H3/t15-/m0/s1. The molecule has 0 radical (unpaired) electrons. The molecule has 0 unspecified atom stereocenters. The summed E-state index contributed by atoms with van der Waals surface area (Å²) in [5.41, 5.74) is 6.65. The summed E-state index contributed by atoms with van der Waals surface area (Å²) < 4.78 is 4.64. The van der Waals surface area contributed by atoms with Crippen LogP contribution in [0.2, 0.25) is 0 Å². The number of hydrogen-bond acceptors (Lipinski definition) is 4. The number of allylic oxidation sites excluding steroid dienone is 2. The Balaban J connectivity index is 2.41. The average molecular weight is 287 g/mol. The second kappa shape index (κ2) is 8.87. The number of carbonyl (C=O) groups excluding carboxylic acids is 2. The van der Waals surface area contributed by atoms with E-state index >= 15 is 0 Å². The highest BCUT2D eigenvalue weighted by Crippen LogP contribution is 2.04. The van der Waals surface area contributed by atoms with Crippen molar-refractivity contribution >= 4 is 18.0 Å². The predicted molar refractivity (Wildman–Crippen MR) is 83.1 cm³/mol. The van der Waals surface area contributed by atoms with Crippen LogP contribution >= 0.6 is 0 Å². The quantitative estimate of drug-likeness (QED) is 0.378. The van der Waals surface area contributed by atoms with Crippen LogP contribution in [-0.2, 0) is 14.3 Å². The van der Waals surface area contributed by atoms with E-state index < -0.39 is 18.0 Å². The summed E-state index contributed by atoms with van der Waals surface area (Å²) in [6, 6.07) is 8.89. The third-order valence-corrected chi connectivity index (χ3v) is 2.66. The van der Waals surface area contributed by atoms with Crippen molar-refractivity contribution in [2.45, 2.75) is 26.3 Å². The Kier molecular flexibility index (Phi) is 7.12. The molecular formula is C17H21NO3. The molecule has 0 heterocycles. The molecule has 1 atom stereocenters. The molecular weight excluding hydrogens is 266 g/mol. The maximum absolute atomic E-state index is 11.5. The lowest BCUT2D eigenvalue weighted by Gasteiger charge is -2.11. The molecule has 0 aliphatic heterocycles. The summed E-state index contributed by atoms with van der Waals surface area (Å²) in [7, 11) is 0. The van der Waals surface area contributed by atoms with Gasteiger partial charge in [0.05, 0.1) is 0 Å². The summed E-state index contributed by atoms with van der Waals surface area (Å²) in [6.07, 6.45) is 6.75. The molecule has 0 aliphatic carbocycles. The first kappa shape index (κ1) is 16.9. The van der Waals surface area contributed by atoms with Crippen LogP contribution in [0.5, 0.6) is 0 Å². The number of ether oxygens (including phenoxy) is 1. The van der Waals surface area contributed by atoms with E-state index in [1.807, 2.05) is 50.3 Å². The molecule has 4 heteroatoms. The van der Waals surface area contributed by atoms with Gasteiger partial charge in [0, 0.05) is 6.08 Å². The van der Waals surface area contributed by atoms with Crippen molar-refractivity contribution in [1.82, 2.24) is 0 Å². The van der Waals surface area contributed by atoms with Crippen LogP contribution in [0.4, 0.5) is 0 Å². The van der Waals surface area contributed by atoms with Gasteiger partial charge >= 0.3 is 11.9 Å². The van der Waals surface area contributed by atoms with Gasteiger partial charge in [-0.2, -0.15) is 0 Å². The largest absolute Gasteiger partial charge is 0.389 e. The van der Waals surface area contributed by atoms with E-state index in [1.54, 1.807) is 6.08 Å². The predicted octanol–water partition coefficient (Wildman–Crippen LogP) is 2.70. The highest BCUT2D eigenvalue weighted by atomic mass is 16.6. The smallest absolute Gasteiger partial charge is 0.338 e. The van der Waals surface area contributed by atoms with E-state index in [9.17, 15) is 9.59 Å². The van der Waals surface area contributed by atoms with Gasteiger partial charge < -0.3 is 10.5 Å². The van der Waals surface area contributed by atoms with Crippen LogP contribution in [0.1, 0.15) is 25.8 Å². The minimum Gasteiger partial charge on any atom is -0.389 e. The van der Waals surface area contributed by atoms with Gasteiger partial charge in [0.1, 0.15) is 6.04 Å². The number of rotatable bonds is 6. The summed E-state index contributed by atoms with van der Waals surface area (Å²) in [4.78, 5) is 23.0. The maximum Gasteiger partial charge on any atom is 0.338 e. The third-order valence-electron chi connectivity index (χ3n) is 2.66. The minimum absolute atomic E-state index is 0.270. The molecule has 1 aromatic rings. The molecule has 1 rings (SSSR count). The van der Waals surface area contributed by atoms with E-state index in [1.165, 1.54) is 12.2 Å². The minimum atomic E-state index is -0.762. The lowest BCUT2D eigenvalue weighted by molar-refractivity contribution is -0.157. The summed E-state index contributed by atoms with van der Waals surface area (Å²) in [6.45, 7) is 3.90. The molecule has 2 N–H and O–H groups in total. The van der Waals surface area contributed by atoms with Crippen LogP contribution in [0.25, 0.3) is 6.08 Å². The van der Waals surface area contributed by atoms with Gasteiger partial charge in [0.25, 0.3) is 0 Å². The molecule has 1 aromatic carbocycles. The molecule has 0 saturated heterocycles. The summed E-state index contributed by atoms with van der Waals surface area (Å²) >= 11 is 0. The van der Waals surface area contributed by atoms with E-state index in [-0.39, 0.29) is 5.92 Å². The van der Waals surface area contributed by atoms with Crippen molar-refractivity contribution in [3.8, 4) is 0 Å². The zero-order chi connectivity index (χ0) is 15.7. The Morgan fingerprint density at radius 1 is 1.19 bits per heavy atom. The second-order valence-electron chi connectivity index (χ2n) is 5.11. The van der Waals surface area contributed by atoms with Crippen LogP contribution in [0.15, 0.2) is 48.6 Å². The lowest BCUT2D eigenvalue weighted by Crippen LogP contribution is -2.34. The number of nitrogens with two attached hydrogens (primary N) is 1. The van der Waals surface area contributed by atoms with Crippen molar-refractivity contribution in [2.24, 2.45) is 11.7 Å². The molecule has 21 heavy (non-hydrogen) atoms. The molecule has 4 nitrogen and oxygen atoms in total. The monoisotopic (exact) mass is 287 g/mol. The summed E-state index contributed by atoms with van der Waals surface area (Å²) in [5.74, 6) is -1.13. The first-order valence-electron chi connectivity index (χ1n) is 6.90. The first-order valence-corrected chi connectivity index (χ1v) is 6.90. The van der Waals surface area contributed by atoms with Gasteiger partial charge in [-0.3, -0.25) is 0 Å². The highest BCUT2D eigenvalue weighted by Gasteiger charge is 2.18. The fourth-order valence-electron chi connectivity index (χ4n) is 1.68. The molecule has 0 amide bonds.